The lowest BCUT2D eigenvalue weighted by Crippen LogP contribution is -2.60. The Balaban J connectivity index is 1.83. The maximum atomic E-state index is 13.5. The average molecular weight is 433 g/mol. The minimum Gasteiger partial charge on any atom is -0.448 e. The van der Waals surface area contributed by atoms with Gasteiger partial charge in [-0.25, -0.2) is 4.79 Å². The Labute approximate surface area is 183 Å². The SMILES string of the molecule is CC1(C)COC(C)(C)N1C(=O)O[C@@H]([C@H]1CCCCN1Cc1ccccc1)[Si](C)(C)C. The number of rotatable bonds is 5. The Morgan fingerprint density at radius 3 is 2.40 bits per heavy atom. The first kappa shape index (κ1) is 23.3. The van der Waals surface area contributed by atoms with E-state index >= 15 is 0 Å². The van der Waals surface area contributed by atoms with Gasteiger partial charge in [-0.1, -0.05) is 56.4 Å². The Kier molecular flexibility index (Phi) is 6.70. The highest BCUT2D eigenvalue weighted by molar-refractivity contribution is 6.77. The molecule has 5 nitrogen and oxygen atoms in total. The van der Waals surface area contributed by atoms with Crippen LogP contribution in [0.2, 0.25) is 19.6 Å². The number of piperidine rings is 1. The molecule has 2 saturated heterocycles. The normalized spacial score (nSPS) is 25.2. The molecule has 2 fully saturated rings. The Morgan fingerprint density at radius 2 is 1.83 bits per heavy atom. The van der Waals surface area contributed by atoms with Crippen LogP contribution in [-0.4, -0.2) is 60.2 Å². The van der Waals surface area contributed by atoms with Crippen molar-refractivity contribution in [3.8, 4) is 0 Å². The third-order valence-corrected chi connectivity index (χ3v) is 8.64. The molecule has 1 aromatic rings. The molecule has 0 saturated carbocycles. The topological polar surface area (TPSA) is 42.0 Å². The molecule has 1 amide bonds. The molecule has 0 N–H and O–H groups in total. The number of nitrogens with zero attached hydrogens (tertiary/aromatic N) is 2. The fourth-order valence-corrected chi connectivity index (χ4v) is 7.03. The van der Waals surface area contributed by atoms with Gasteiger partial charge < -0.3 is 9.47 Å². The maximum absolute atomic E-state index is 13.5. The van der Waals surface area contributed by atoms with Gasteiger partial charge in [0.2, 0.25) is 0 Å². The fourth-order valence-electron chi connectivity index (χ4n) is 5.05. The largest absolute Gasteiger partial charge is 0.448 e. The molecule has 0 spiro atoms. The van der Waals surface area contributed by atoms with Gasteiger partial charge in [-0.05, 0) is 52.6 Å². The Hall–Kier alpha value is -1.37. The van der Waals surface area contributed by atoms with Crippen molar-refractivity contribution in [1.29, 1.82) is 0 Å². The van der Waals surface area contributed by atoms with Crippen LogP contribution in [0.1, 0.15) is 52.5 Å². The number of hydrogen-bond donors (Lipinski definition) is 0. The van der Waals surface area contributed by atoms with E-state index in [-0.39, 0.29) is 23.4 Å². The molecule has 2 aliphatic heterocycles. The molecule has 30 heavy (non-hydrogen) atoms. The third-order valence-electron chi connectivity index (χ3n) is 6.43. The molecule has 2 heterocycles. The van der Waals surface area contributed by atoms with E-state index in [4.69, 9.17) is 9.47 Å². The number of amides is 1. The standard InChI is InChI=1S/C24H40N2O3Si/c1-23(2)18-28-24(3,4)26(23)22(27)29-21(30(5,6)7)20-15-11-12-16-25(20)17-19-13-9-8-10-14-19/h8-10,13-14,20-21H,11-12,15-18H2,1-7H3/t20-,21-/m1/s1. The van der Waals surface area contributed by atoms with Crippen LogP contribution < -0.4 is 0 Å². The summed E-state index contributed by atoms with van der Waals surface area (Å²) >= 11 is 0. The summed E-state index contributed by atoms with van der Waals surface area (Å²) in [6.07, 6.45) is 3.24. The van der Waals surface area contributed by atoms with Gasteiger partial charge in [0.1, 0.15) is 11.5 Å². The second-order valence-corrected chi connectivity index (χ2v) is 16.4. The van der Waals surface area contributed by atoms with E-state index < -0.39 is 13.8 Å². The van der Waals surface area contributed by atoms with Gasteiger partial charge in [-0.15, -0.1) is 0 Å². The molecule has 2 aliphatic rings. The summed E-state index contributed by atoms with van der Waals surface area (Å²) in [6.45, 7) is 17.4. The summed E-state index contributed by atoms with van der Waals surface area (Å²) in [7, 11) is -1.79. The first-order chi connectivity index (χ1) is 13.9. The van der Waals surface area contributed by atoms with Crippen molar-refractivity contribution >= 4 is 14.2 Å². The summed E-state index contributed by atoms with van der Waals surface area (Å²) in [4.78, 5) is 17.8. The lowest BCUT2D eigenvalue weighted by Gasteiger charge is -2.46. The van der Waals surface area contributed by atoms with Crippen molar-refractivity contribution in [3.05, 3.63) is 35.9 Å². The van der Waals surface area contributed by atoms with Crippen LogP contribution in [-0.2, 0) is 16.0 Å². The van der Waals surface area contributed by atoms with Crippen LogP contribution in [0.3, 0.4) is 0 Å². The molecule has 0 aromatic heterocycles. The number of benzene rings is 1. The zero-order chi connectivity index (χ0) is 22.2. The molecule has 168 valence electrons. The van der Waals surface area contributed by atoms with Gasteiger partial charge in [-0.3, -0.25) is 9.80 Å². The minimum atomic E-state index is -1.79. The van der Waals surface area contributed by atoms with Gasteiger partial charge in [0, 0.05) is 12.6 Å². The third kappa shape index (κ3) is 5.09. The molecular formula is C24H40N2O3Si. The predicted molar refractivity (Wildman–Crippen MR) is 124 cm³/mol. The summed E-state index contributed by atoms with van der Waals surface area (Å²) in [5.74, 6) is 0. The van der Waals surface area contributed by atoms with E-state index in [1.165, 1.54) is 18.4 Å². The second-order valence-electron chi connectivity index (χ2n) is 11.1. The monoisotopic (exact) mass is 432 g/mol. The van der Waals surface area contributed by atoms with Gasteiger partial charge in [0.25, 0.3) is 0 Å². The molecule has 0 bridgehead atoms. The van der Waals surface area contributed by atoms with Crippen LogP contribution in [0.4, 0.5) is 4.79 Å². The lowest BCUT2D eigenvalue weighted by atomic mass is 10.0. The fraction of sp³-hybridized carbons (Fsp3) is 0.708. The zero-order valence-corrected chi connectivity index (χ0v) is 20.9. The van der Waals surface area contributed by atoms with Crippen molar-refractivity contribution in [2.75, 3.05) is 13.2 Å². The lowest BCUT2D eigenvalue weighted by molar-refractivity contribution is -0.0610. The highest BCUT2D eigenvalue weighted by Gasteiger charge is 2.51. The van der Waals surface area contributed by atoms with E-state index in [2.05, 4.69) is 68.7 Å². The number of carbonyl (C=O) groups excluding carboxylic acids is 1. The van der Waals surface area contributed by atoms with E-state index in [1.54, 1.807) is 4.90 Å². The van der Waals surface area contributed by atoms with E-state index in [0.717, 1.165) is 19.5 Å². The minimum absolute atomic E-state index is 0.0544. The van der Waals surface area contributed by atoms with E-state index in [0.29, 0.717) is 6.61 Å². The number of hydrogen-bond acceptors (Lipinski definition) is 4. The Morgan fingerprint density at radius 1 is 1.17 bits per heavy atom. The molecule has 0 radical (unpaired) electrons. The smallest absolute Gasteiger partial charge is 0.412 e. The predicted octanol–water partition coefficient (Wildman–Crippen LogP) is 5.27. The van der Waals surface area contributed by atoms with E-state index in [9.17, 15) is 4.79 Å². The van der Waals surface area contributed by atoms with Crippen molar-refractivity contribution in [1.82, 2.24) is 9.80 Å². The summed E-state index contributed by atoms with van der Waals surface area (Å²) in [5, 5.41) is 0. The number of likely N-dealkylation sites (tertiary alicyclic amines) is 1. The molecule has 0 aliphatic carbocycles. The van der Waals surface area contributed by atoms with E-state index in [1.807, 2.05) is 13.8 Å². The van der Waals surface area contributed by atoms with Gasteiger partial charge >= 0.3 is 6.09 Å². The summed E-state index contributed by atoms with van der Waals surface area (Å²) in [6, 6.07) is 10.9. The molecular weight excluding hydrogens is 392 g/mol. The van der Waals surface area contributed by atoms with Crippen molar-refractivity contribution in [3.63, 3.8) is 0 Å². The van der Waals surface area contributed by atoms with Crippen LogP contribution in [0.5, 0.6) is 0 Å². The number of ether oxygens (including phenoxy) is 2. The number of carbonyl (C=O) groups is 1. The Bertz CT molecular complexity index is 714. The second kappa shape index (κ2) is 8.64. The van der Waals surface area contributed by atoms with Crippen molar-refractivity contribution in [2.24, 2.45) is 0 Å². The van der Waals surface area contributed by atoms with Gasteiger partial charge in [0.05, 0.1) is 20.2 Å². The van der Waals surface area contributed by atoms with Crippen molar-refractivity contribution < 1.29 is 14.3 Å². The molecule has 2 atom stereocenters. The van der Waals surface area contributed by atoms with Gasteiger partial charge in [-0.2, -0.15) is 0 Å². The summed E-state index contributed by atoms with van der Waals surface area (Å²) < 4.78 is 12.3. The average Bonchev–Trinajstić information content (AvgIpc) is 2.88. The summed E-state index contributed by atoms with van der Waals surface area (Å²) in [5.41, 5.74) is 0.239. The molecule has 6 heteroatoms. The zero-order valence-electron chi connectivity index (χ0n) is 19.9. The quantitative estimate of drug-likeness (QED) is 0.594. The highest BCUT2D eigenvalue weighted by atomic mass is 28.3. The molecule has 3 rings (SSSR count). The highest BCUT2D eigenvalue weighted by Crippen LogP contribution is 2.37. The van der Waals surface area contributed by atoms with Crippen LogP contribution >= 0.6 is 0 Å². The first-order valence-corrected chi connectivity index (χ1v) is 14.9. The maximum Gasteiger partial charge on any atom is 0.412 e. The molecule has 0 unspecified atom stereocenters. The van der Waals surface area contributed by atoms with Gasteiger partial charge in [0.15, 0.2) is 0 Å². The van der Waals surface area contributed by atoms with Crippen LogP contribution in [0.15, 0.2) is 30.3 Å². The first-order valence-electron chi connectivity index (χ1n) is 11.3. The van der Waals surface area contributed by atoms with Crippen LogP contribution in [0.25, 0.3) is 0 Å². The van der Waals surface area contributed by atoms with Crippen LogP contribution in [0, 0.1) is 0 Å². The van der Waals surface area contributed by atoms with Crippen molar-refractivity contribution in [2.45, 2.75) is 96.2 Å². The molecule has 1 aromatic carbocycles.